The van der Waals surface area contributed by atoms with E-state index in [0.717, 1.165) is 28.8 Å². The molecule has 0 radical (unpaired) electrons. The number of hydrogen-bond donors (Lipinski definition) is 1. The number of nitrogens with one attached hydrogen (secondary N) is 1. The lowest BCUT2D eigenvalue weighted by Crippen LogP contribution is -2.12. The first-order valence-corrected chi connectivity index (χ1v) is 8.96. The lowest BCUT2D eigenvalue weighted by molar-refractivity contribution is -0.384. The average molecular weight is 360 g/mol. The summed E-state index contributed by atoms with van der Waals surface area (Å²) in [7, 11) is 0. The topological polar surface area (TPSA) is 98.0 Å². The number of amides is 1. The van der Waals surface area contributed by atoms with Crippen molar-refractivity contribution in [2.24, 2.45) is 0 Å². The van der Waals surface area contributed by atoms with E-state index in [1.165, 1.54) is 37.1 Å². The van der Waals surface area contributed by atoms with Crippen LogP contribution in [0.3, 0.4) is 0 Å². The van der Waals surface area contributed by atoms with Crippen molar-refractivity contribution in [1.29, 1.82) is 0 Å². The summed E-state index contributed by atoms with van der Waals surface area (Å²) >= 11 is 0. The highest BCUT2D eigenvalue weighted by atomic mass is 16.6. The molecule has 1 amide bonds. The summed E-state index contributed by atoms with van der Waals surface area (Å²) in [6, 6.07) is 11.1. The van der Waals surface area contributed by atoms with Crippen LogP contribution in [0.4, 0.5) is 11.4 Å². The summed E-state index contributed by atoms with van der Waals surface area (Å²) in [5.41, 5.74) is 4.76. The quantitative estimate of drug-likeness (QED) is 0.559. The van der Waals surface area contributed by atoms with Crippen molar-refractivity contribution in [3.05, 3.63) is 69.5 Å². The maximum absolute atomic E-state index is 12.5. The number of benzene rings is 2. The monoisotopic (exact) mass is 360 g/mol. The molecular formula is C20H16N4O3. The Hall–Kier alpha value is -3.35. The van der Waals surface area contributed by atoms with Crippen molar-refractivity contribution < 1.29 is 9.72 Å². The van der Waals surface area contributed by atoms with Crippen molar-refractivity contribution in [2.45, 2.75) is 31.1 Å². The van der Waals surface area contributed by atoms with Gasteiger partial charge in [0.15, 0.2) is 0 Å². The number of aromatic nitrogens is 2. The van der Waals surface area contributed by atoms with Gasteiger partial charge in [0.1, 0.15) is 0 Å². The van der Waals surface area contributed by atoms with E-state index < -0.39 is 4.92 Å². The van der Waals surface area contributed by atoms with Crippen LogP contribution in [0.15, 0.2) is 42.5 Å². The van der Waals surface area contributed by atoms with E-state index in [1.807, 2.05) is 6.07 Å². The van der Waals surface area contributed by atoms with Crippen LogP contribution in [0.25, 0.3) is 11.0 Å². The van der Waals surface area contributed by atoms with Crippen LogP contribution in [0.5, 0.6) is 0 Å². The average Bonchev–Trinajstić information content (AvgIpc) is 3.28. The SMILES string of the molecule is O=C(Nc1ccc([N+](=O)[O-])cc1)c1ccc2nc3c(nc2c1)C1CCC3C1. The molecule has 2 unspecified atom stereocenters. The Bertz CT molecular complexity index is 1090. The van der Waals surface area contributed by atoms with Crippen molar-refractivity contribution in [2.75, 3.05) is 5.32 Å². The Morgan fingerprint density at radius 3 is 2.33 bits per heavy atom. The molecule has 1 saturated carbocycles. The molecule has 2 aliphatic rings. The van der Waals surface area contributed by atoms with E-state index in [9.17, 15) is 14.9 Å². The highest BCUT2D eigenvalue weighted by Gasteiger charge is 2.39. The smallest absolute Gasteiger partial charge is 0.269 e. The maximum Gasteiger partial charge on any atom is 0.269 e. The number of nitrogens with zero attached hydrogens (tertiary/aromatic N) is 3. The van der Waals surface area contributed by atoms with E-state index in [2.05, 4.69) is 5.32 Å². The van der Waals surface area contributed by atoms with Crippen molar-refractivity contribution in [3.63, 3.8) is 0 Å². The van der Waals surface area contributed by atoms with Gasteiger partial charge in [0.2, 0.25) is 0 Å². The number of rotatable bonds is 3. The Labute approximate surface area is 154 Å². The fourth-order valence-corrected chi connectivity index (χ4v) is 4.17. The highest BCUT2D eigenvalue weighted by molar-refractivity contribution is 6.05. The summed E-state index contributed by atoms with van der Waals surface area (Å²) in [4.78, 5) is 32.4. The van der Waals surface area contributed by atoms with Gasteiger partial charge < -0.3 is 5.32 Å². The normalized spacial score (nSPS) is 19.9. The van der Waals surface area contributed by atoms with Crippen LogP contribution in [-0.2, 0) is 0 Å². The second-order valence-electron chi connectivity index (χ2n) is 7.16. The third kappa shape index (κ3) is 2.63. The van der Waals surface area contributed by atoms with E-state index in [0.29, 0.717) is 23.1 Å². The second-order valence-corrected chi connectivity index (χ2v) is 7.16. The number of nitro benzene ring substituents is 1. The lowest BCUT2D eigenvalue weighted by Gasteiger charge is -2.14. The molecule has 2 bridgehead atoms. The zero-order chi connectivity index (χ0) is 18.5. The number of hydrogen-bond acceptors (Lipinski definition) is 5. The fourth-order valence-electron chi connectivity index (χ4n) is 4.17. The molecule has 5 rings (SSSR count). The molecule has 27 heavy (non-hydrogen) atoms. The van der Waals surface area contributed by atoms with Gasteiger partial charge in [0.05, 0.1) is 27.3 Å². The molecular weight excluding hydrogens is 344 g/mol. The third-order valence-corrected chi connectivity index (χ3v) is 5.52. The van der Waals surface area contributed by atoms with Crippen molar-refractivity contribution in [3.8, 4) is 0 Å². The molecule has 0 saturated heterocycles. The van der Waals surface area contributed by atoms with Crippen molar-refractivity contribution in [1.82, 2.24) is 9.97 Å². The fraction of sp³-hybridized carbons (Fsp3) is 0.250. The predicted octanol–water partition coefficient (Wildman–Crippen LogP) is 4.16. The van der Waals surface area contributed by atoms with Crippen LogP contribution in [0.1, 0.15) is 52.8 Å². The molecule has 2 aliphatic carbocycles. The van der Waals surface area contributed by atoms with Crippen molar-refractivity contribution >= 4 is 28.3 Å². The highest BCUT2D eigenvalue weighted by Crippen LogP contribution is 2.51. The summed E-state index contributed by atoms with van der Waals surface area (Å²) < 4.78 is 0. The van der Waals surface area contributed by atoms with Gasteiger partial charge in [-0.25, -0.2) is 9.97 Å². The standard InChI is InChI=1S/C20H16N4O3/c25-20(21-14-4-6-15(7-5-14)24(26)27)13-3-8-16-17(10-13)23-19-12-2-1-11(9-12)18(19)22-16/h3-8,10-12H,1-2,9H2,(H,21,25). The van der Waals surface area contributed by atoms with Crippen LogP contribution in [-0.4, -0.2) is 20.8 Å². The molecule has 1 heterocycles. The summed E-state index contributed by atoms with van der Waals surface area (Å²) in [5.74, 6) is 0.779. The second kappa shape index (κ2) is 5.84. The van der Waals surface area contributed by atoms with Gasteiger partial charge in [-0.3, -0.25) is 14.9 Å². The number of nitro groups is 1. The van der Waals surface area contributed by atoms with Gasteiger partial charge in [-0.2, -0.15) is 0 Å². The Morgan fingerprint density at radius 1 is 1.00 bits per heavy atom. The van der Waals surface area contributed by atoms with Gasteiger partial charge in [0.25, 0.3) is 11.6 Å². The zero-order valence-electron chi connectivity index (χ0n) is 14.4. The molecule has 134 valence electrons. The molecule has 1 N–H and O–H groups in total. The van der Waals surface area contributed by atoms with E-state index >= 15 is 0 Å². The predicted molar refractivity (Wildman–Crippen MR) is 99.9 cm³/mol. The number of anilines is 1. The number of carbonyl (C=O) groups is 1. The first kappa shape index (κ1) is 15.9. The third-order valence-electron chi connectivity index (χ3n) is 5.52. The lowest BCUT2D eigenvalue weighted by atomic mass is 10.00. The summed E-state index contributed by atoms with van der Waals surface area (Å²) in [5, 5.41) is 13.5. The van der Waals surface area contributed by atoms with Gasteiger partial charge in [0, 0.05) is 35.2 Å². The molecule has 1 fully saturated rings. The Balaban J connectivity index is 1.43. The molecule has 2 atom stereocenters. The Kier molecular flexibility index (Phi) is 3.43. The van der Waals surface area contributed by atoms with Gasteiger partial charge in [-0.05, 0) is 49.6 Å². The molecule has 0 spiro atoms. The molecule has 7 heteroatoms. The first-order chi connectivity index (χ1) is 13.1. The van der Waals surface area contributed by atoms with Gasteiger partial charge >= 0.3 is 0 Å². The van der Waals surface area contributed by atoms with E-state index in [1.54, 1.807) is 12.1 Å². The van der Waals surface area contributed by atoms with E-state index in [4.69, 9.17) is 9.97 Å². The molecule has 2 aromatic carbocycles. The van der Waals surface area contributed by atoms with Crippen LogP contribution >= 0.6 is 0 Å². The Morgan fingerprint density at radius 2 is 1.67 bits per heavy atom. The molecule has 0 aliphatic heterocycles. The minimum Gasteiger partial charge on any atom is -0.322 e. The molecule has 7 nitrogen and oxygen atoms in total. The summed E-state index contributed by atoms with van der Waals surface area (Å²) in [6.07, 6.45) is 3.53. The molecule has 3 aromatic rings. The zero-order valence-corrected chi connectivity index (χ0v) is 14.4. The molecule has 1 aromatic heterocycles. The van der Waals surface area contributed by atoms with Crippen LogP contribution in [0, 0.1) is 10.1 Å². The van der Waals surface area contributed by atoms with E-state index in [-0.39, 0.29) is 11.6 Å². The van der Waals surface area contributed by atoms with Gasteiger partial charge in [-0.1, -0.05) is 0 Å². The minimum atomic E-state index is -0.473. The largest absolute Gasteiger partial charge is 0.322 e. The first-order valence-electron chi connectivity index (χ1n) is 8.96. The number of non-ortho nitro benzene ring substituents is 1. The van der Waals surface area contributed by atoms with Crippen LogP contribution in [0.2, 0.25) is 0 Å². The van der Waals surface area contributed by atoms with Gasteiger partial charge in [-0.15, -0.1) is 0 Å². The summed E-state index contributed by atoms with van der Waals surface area (Å²) in [6.45, 7) is 0. The maximum atomic E-state index is 12.5. The minimum absolute atomic E-state index is 0.0165. The number of carbonyl (C=O) groups excluding carboxylic acids is 1. The number of fused-ring (bicyclic) bond motifs is 6. The van der Waals surface area contributed by atoms with Crippen LogP contribution < -0.4 is 5.32 Å².